The van der Waals surface area contributed by atoms with Crippen molar-refractivity contribution in [1.82, 2.24) is 24.8 Å². The first-order valence-corrected chi connectivity index (χ1v) is 12.7. The van der Waals surface area contributed by atoms with Crippen LogP contribution in [0, 0.1) is 6.92 Å². The van der Waals surface area contributed by atoms with Gasteiger partial charge in [-0.05, 0) is 42.8 Å². The van der Waals surface area contributed by atoms with Gasteiger partial charge in [0.1, 0.15) is 5.82 Å². The quantitative estimate of drug-likeness (QED) is 0.317. The Labute approximate surface area is 200 Å². The fourth-order valence-electron chi connectivity index (χ4n) is 2.73. The molecule has 170 valence electrons. The topological polar surface area (TPSA) is 108 Å². The van der Waals surface area contributed by atoms with Crippen LogP contribution in [0.2, 0.25) is 10.0 Å². The van der Waals surface area contributed by atoms with Gasteiger partial charge < -0.3 is 5.32 Å². The van der Waals surface area contributed by atoms with Crippen LogP contribution in [0.25, 0.3) is 0 Å². The van der Waals surface area contributed by atoms with E-state index in [4.69, 9.17) is 23.2 Å². The van der Waals surface area contributed by atoms with E-state index in [0.29, 0.717) is 38.9 Å². The van der Waals surface area contributed by atoms with Gasteiger partial charge in [-0.1, -0.05) is 53.2 Å². The zero-order valence-corrected chi connectivity index (χ0v) is 20.2. The molecule has 0 unspecified atom stereocenters. The van der Waals surface area contributed by atoms with E-state index in [1.165, 1.54) is 36.0 Å². The molecule has 0 spiro atoms. The maximum Gasteiger partial charge on any atom is 0.243 e. The van der Waals surface area contributed by atoms with Gasteiger partial charge in [-0.3, -0.25) is 9.89 Å². The lowest BCUT2D eigenvalue weighted by atomic mass is 10.2. The normalized spacial score (nSPS) is 11.6. The number of amides is 1. The average molecular weight is 514 g/mol. The summed E-state index contributed by atoms with van der Waals surface area (Å²) in [6.07, 6.45) is 0. The number of sulfonamides is 1. The highest BCUT2D eigenvalue weighted by atomic mass is 35.5. The first kappa shape index (κ1) is 24.5. The third-order valence-electron chi connectivity index (χ3n) is 4.31. The molecule has 0 aliphatic rings. The highest BCUT2D eigenvalue weighted by Gasteiger charge is 2.27. The van der Waals surface area contributed by atoms with Gasteiger partial charge in [-0.2, -0.15) is 4.31 Å². The number of nitrogens with zero attached hydrogens (tertiary/aromatic N) is 3. The van der Waals surface area contributed by atoms with Crippen molar-refractivity contribution in [3.05, 3.63) is 70.0 Å². The third-order valence-corrected chi connectivity index (χ3v) is 7.58. The lowest BCUT2D eigenvalue weighted by Gasteiger charge is -2.22. The molecular formula is C20H21Cl2N5O3S2. The number of aryl methyl sites for hydroxylation is 1. The second-order valence-electron chi connectivity index (χ2n) is 6.72. The van der Waals surface area contributed by atoms with Crippen molar-refractivity contribution in [2.45, 2.75) is 23.5 Å². The zero-order valence-electron chi connectivity index (χ0n) is 17.1. The number of aromatic nitrogens is 3. The molecule has 0 saturated heterocycles. The Morgan fingerprint density at radius 3 is 2.53 bits per heavy atom. The highest BCUT2D eigenvalue weighted by Crippen LogP contribution is 2.23. The van der Waals surface area contributed by atoms with E-state index in [2.05, 4.69) is 20.5 Å². The average Bonchev–Trinajstić information content (AvgIpc) is 3.17. The monoisotopic (exact) mass is 513 g/mol. The molecule has 0 saturated carbocycles. The lowest BCUT2D eigenvalue weighted by Crippen LogP contribution is -2.41. The number of halogens is 2. The molecule has 12 heteroatoms. The largest absolute Gasteiger partial charge is 0.354 e. The van der Waals surface area contributed by atoms with E-state index in [1.807, 2.05) is 0 Å². The Kier molecular flexibility index (Phi) is 8.55. The molecule has 0 aliphatic heterocycles. The number of carbonyl (C=O) groups is 1. The summed E-state index contributed by atoms with van der Waals surface area (Å²) in [6.45, 7) is 1.72. The molecule has 1 heterocycles. The standard InChI is InChI=1S/C20H21Cl2N5O3S2/c1-14-24-20(26-25-14)31-11-10-23-19(28)13-27(12-15-4-2-3-5-18(15)22)32(29,30)17-8-6-16(21)7-9-17/h2-9H,10-13H2,1H3,(H,23,28)(H,24,25,26). The minimum atomic E-state index is -3.97. The molecule has 2 N–H and O–H groups in total. The number of carbonyl (C=O) groups excluding carboxylic acids is 1. The van der Waals surface area contributed by atoms with Crippen molar-refractivity contribution in [3.8, 4) is 0 Å². The molecular weight excluding hydrogens is 493 g/mol. The Hall–Kier alpha value is -2.11. The highest BCUT2D eigenvalue weighted by molar-refractivity contribution is 7.99. The molecule has 1 aromatic heterocycles. The van der Waals surface area contributed by atoms with E-state index >= 15 is 0 Å². The first-order chi connectivity index (χ1) is 15.3. The SMILES string of the molecule is Cc1nc(SCCNC(=O)CN(Cc2ccccc2Cl)S(=O)(=O)c2ccc(Cl)cc2)n[nH]1. The van der Waals surface area contributed by atoms with Crippen molar-refractivity contribution >= 4 is 50.9 Å². The van der Waals surface area contributed by atoms with Gasteiger partial charge in [-0.15, -0.1) is 5.10 Å². The number of aromatic amines is 1. The van der Waals surface area contributed by atoms with Crippen molar-refractivity contribution in [2.24, 2.45) is 0 Å². The van der Waals surface area contributed by atoms with E-state index in [0.717, 1.165) is 4.31 Å². The maximum absolute atomic E-state index is 13.2. The van der Waals surface area contributed by atoms with Crippen LogP contribution in [0.15, 0.2) is 58.6 Å². The molecule has 3 aromatic rings. The third kappa shape index (κ3) is 6.69. The van der Waals surface area contributed by atoms with E-state index in [1.54, 1.807) is 31.2 Å². The number of hydrogen-bond acceptors (Lipinski definition) is 6. The van der Waals surface area contributed by atoms with Gasteiger partial charge in [0.2, 0.25) is 21.1 Å². The number of hydrogen-bond donors (Lipinski definition) is 2. The smallest absolute Gasteiger partial charge is 0.243 e. The summed E-state index contributed by atoms with van der Waals surface area (Å²) in [7, 11) is -3.97. The van der Waals surface area contributed by atoms with E-state index in [9.17, 15) is 13.2 Å². The molecule has 1 amide bonds. The molecule has 3 rings (SSSR count). The number of thioether (sulfide) groups is 1. The van der Waals surface area contributed by atoms with Gasteiger partial charge in [0, 0.05) is 28.9 Å². The summed E-state index contributed by atoms with van der Waals surface area (Å²) >= 11 is 13.5. The summed E-state index contributed by atoms with van der Waals surface area (Å²) in [6, 6.07) is 12.7. The Morgan fingerprint density at radius 2 is 1.88 bits per heavy atom. The predicted molar refractivity (Wildman–Crippen MR) is 125 cm³/mol. The van der Waals surface area contributed by atoms with Crippen molar-refractivity contribution in [3.63, 3.8) is 0 Å². The van der Waals surface area contributed by atoms with Gasteiger partial charge in [0.25, 0.3) is 0 Å². The molecule has 0 fully saturated rings. The van der Waals surface area contributed by atoms with Crippen LogP contribution in [-0.4, -0.2) is 52.7 Å². The van der Waals surface area contributed by atoms with Crippen molar-refractivity contribution in [1.29, 1.82) is 0 Å². The maximum atomic E-state index is 13.2. The fraction of sp³-hybridized carbons (Fsp3) is 0.250. The Balaban J connectivity index is 1.69. The summed E-state index contributed by atoms with van der Waals surface area (Å²) in [5.74, 6) is 0.817. The summed E-state index contributed by atoms with van der Waals surface area (Å²) < 4.78 is 27.6. The summed E-state index contributed by atoms with van der Waals surface area (Å²) in [5, 5.41) is 10.9. The summed E-state index contributed by atoms with van der Waals surface area (Å²) in [5.41, 5.74) is 0.593. The van der Waals surface area contributed by atoms with Crippen LogP contribution >= 0.6 is 35.0 Å². The van der Waals surface area contributed by atoms with Gasteiger partial charge in [-0.25, -0.2) is 13.4 Å². The second kappa shape index (κ2) is 11.2. The molecule has 0 atom stereocenters. The van der Waals surface area contributed by atoms with Crippen molar-refractivity contribution < 1.29 is 13.2 Å². The van der Waals surface area contributed by atoms with Crippen LogP contribution < -0.4 is 5.32 Å². The van der Waals surface area contributed by atoms with Crippen molar-refractivity contribution in [2.75, 3.05) is 18.8 Å². The summed E-state index contributed by atoms with van der Waals surface area (Å²) in [4.78, 5) is 16.8. The second-order valence-corrected chi connectivity index (χ2v) is 10.6. The molecule has 2 aromatic carbocycles. The first-order valence-electron chi connectivity index (χ1n) is 9.53. The van der Waals surface area contributed by atoms with Crippen LogP contribution in [0.3, 0.4) is 0 Å². The number of H-pyrrole nitrogens is 1. The molecule has 32 heavy (non-hydrogen) atoms. The van der Waals surface area contributed by atoms with Crippen LogP contribution in [0.4, 0.5) is 0 Å². The van der Waals surface area contributed by atoms with Crippen LogP contribution in [0.1, 0.15) is 11.4 Å². The molecule has 0 aliphatic carbocycles. The fourth-order valence-corrected chi connectivity index (χ4v) is 5.13. The zero-order chi connectivity index (χ0) is 23.1. The van der Waals surface area contributed by atoms with Gasteiger partial charge >= 0.3 is 0 Å². The van der Waals surface area contributed by atoms with Crippen LogP contribution in [-0.2, 0) is 21.4 Å². The molecule has 8 nitrogen and oxygen atoms in total. The number of nitrogens with one attached hydrogen (secondary N) is 2. The molecule has 0 radical (unpaired) electrons. The molecule has 0 bridgehead atoms. The minimum Gasteiger partial charge on any atom is -0.354 e. The Morgan fingerprint density at radius 1 is 1.16 bits per heavy atom. The van der Waals surface area contributed by atoms with E-state index < -0.39 is 15.9 Å². The van der Waals surface area contributed by atoms with E-state index in [-0.39, 0.29) is 18.0 Å². The van der Waals surface area contributed by atoms with Gasteiger partial charge in [0.15, 0.2) is 0 Å². The van der Waals surface area contributed by atoms with Gasteiger partial charge in [0.05, 0.1) is 11.4 Å². The number of benzene rings is 2. The predicted octanol–water partition coefficient (Wildman–Crippen LogP) is 3.52. The lowest BCUT2D eigenvalue weighted by molar-refractivity contribution is -0.121. The number of rotatable bonds is 10. The van der Waals surface area contributed by atoms with Crippen LogP contribution in [0.5, 0.6) is 0 Å². The Bertz CT molecular complexity index is 1170. The minimum absolute atomic E-state index is 0.0392.